The third-order valence-electron chi connectivity index (χ3n) is 4.38. The molecule has 0 bridgehead atoms. The van der Waals surface area contributed by atoms with E-state index < -0.39 is 0 Å². The highest BCUT2D eigenvalue weighted by molar-refractivity contribution is 5.17. The first-order valence-corrected chi connectivity index (χ1v) is 6.79. The van der Waals surface area contributed by atoms with Crippen molar-refractivity contribution >= 4 is 0 Å². The van der Waals surface area contributed by atoms with E-state index >= 15 is 0 Å². The summed E-state index contributed by atoms with van der Waals surface area (Å²) in [6.45, 7) is 4.66. The average molecular weight is 235 g/mol. The minimum absolute atomic E-state index is 0.141. The molecule has 0 aromatic carbocycles. The summed E-state index contributed by atoms with van der Waals surface area (Å²) in [6, 6.07) is 0. The van der Waals surface area contributed by atoms with Crippen molar-refractivity contribution in [2.75, 3.05) is 0 Å². The summed E-state index contributed by atoms with van der Waals surface area (Å²) < 4.78 is 1.86. The van der Waals surface area contributed by atoms with Crippen LogP contribution >= 0.6 is 0 Å². The standard InChI is InChI=1S/C14H25N3/c1-11(2)12-5-4-7-14(15,8-6-12)13-9-16-17(3)10-13/h9-12H,4-8,15H2,1-3H3. The highest BCUT2D eigenvalue weighted by Gasteiger charge is 2.32. The van der Waals surface area contributed by atoms with Crippen LogP contribution in [0.1, 0.15) is 51.5 Å². The number of aryl methyl sites for hydroxylation is 1. The van der Waals surface area contributed by atoms with Gasteiger partial charge in [0, 0.05) is 24.3 Å². The van der Waals surface area contributed by atoms with Crippen molar-refractivity contribution in [1.29, 1.82) is 0 Å². The highest BCUT2D eigenvalue weighted by Crippen LogP contribution is 2.37. The second-order valence-corrected chi connectivity index (χ2v) is 5.99. The summed E-state index contributed by atoms with van der Waals surface area (Å²) >= 11 is 0. The van der Waals surface area contributed by atoms with Crippen molar-refractivity contribution in [3.8, 4) is 0 Å². The van der Waals surface area contributed by atoms with Crippen LogP contribution in [0.2, 0.25) is 0 Å². The van der Waals surface area contributed by atoms with Gasteiger partial charge in [-0.2, -0.15) is 5.10 Å². The molecule has 17 heavy (non-hydrogen) atoms. The van der Waals surface area contributed by atoms with Crippen molar-refractivity contribution in [1.82, 2.24) is 9.78 Å². The first kappa shape index (κ1) is 12.6. The zero-order valence-electron chi connectivity index (χ0n) is 11.3. The monoisotopic (exact) mass is 235 g/mol. The molecule has 0 amide bonds. The Labute approximate surface area is 104 Å². The third-order valence-corrected chi connectivity index (χ3v) is 4.38. The van der Waals surface area contributed by atoms with Crippen molar-refractivity contribution in [3.05, 3.63) is 18.0 Å². The van der Waals surface area contributed by atoms with Crippen molar-refractivity contribution < 1.29 is 0 Å². The Morgan fingerprint density at radius 2 is 2.18 bits per heavy atom. The average Bonchev–Trinajstić information content (AvgIpc) is 2.59. The molecule has 0 saturated heterocycles. The molecule has 2 rings (SSSR count). The maximum atomic E-state index is 6.60. The van der Waals surface area contributed by atoms with Crippen LogP contribution in [0, 0.1) is 11.8 Å². The fourth-order valence-corrected chi connectivity index (χ4v) is 3.03. The largest absolute Gasteiger partial charge is 0.321 e. The number of hydrogen-bond acceptors (Lipinski definition) is 2. The molecule has 3 heteroatoms. The topological polar surface area (TPSA) is 43.8 Å². The molecular weight excluding hydrogens is 210 g/mol. The molecule has 1 aromatic rings. The lowest BCUT2D eigenvalue weighted by molar-refractivity contribution is 0.325. The van der Waals surface area contributed by atoms with Gasteiger partial charge < -0.3 is 5.73 Å². The highest BCUT2D eigenvalue weighted by atomic mass is 15.2. The first-order chi connectivity index (χ1) is 8.01. The van der Waals surface area contributed by atoms with Crippen molar-refractivity contribution in [2.24, 2.45) is 24.6 Å². The molecule has 1 fully saturated rings. The Bertz CT molecular complexity index is 369. The van der Waals surface area contributed by atoms with Crippen molar-refractivity contribution in [3.63, 3.8) is 0 Å². The summed E-state index contributed by atoms with van der Waals surface area (Å²) in [7, 11) is 1.96. The summed E-state index contributed by atoms with van der Waals surface area (Å²) in [6.07, 6.45) is 10.0. The minimum atomic E-state index is -0.141. The normalized spacial score (nSPS) is 30.5. The molecule has 0 radical (unpaired) electrons. The third kappa shape index (κ3) is 2.71. The molecule has 2 N–H and O–H groups in total. The molecule has 1 saturated carbocycles. The van der Waals surface area contributed by atoms with Gasteiger partial charge in [-0.1, -0.05) is 26.7 Å². The van der Waals surface area contributed by atoms with Crippen LogP contribution in [0.5, 0.6) is 0 Å². The fraction of sp³-hybridized carbons (Fsp3) is 0.786. The molecule has 1 aliphatic rings. The zero-order valence-corrected chi connectivity index (χ0v) is 11.3. The van der Waals surface area contributed by atoms with Gasteiger partial charge in [-0.25, -0.2) is 0 Å². The van der Waals surface area contributed by atoms with E-state index in [2.05, 4.69) is 25.1 Å². The second-order valence-electron chi connectivity index (χ2n) is 5.99. The second kappa shape index (κ2) is 4.81. The molecular formula is C14H25N3. The van der Waals surface area contributed by atoms with Crippen LogP contribution in [0.25, 0.3) is 0 Å². The minimum Gasteiger partial charge on any atom is -0.321 e. The number of nitrogens with two attached hydrogens (primary N) is 1. The molecule has 1 aliphatic carbocycles. The van der Waals surface area contributed by atoms with E-state index in [4.69, 9.17) is 5.73 Å². The smallest absolute Gasteiger partial charge is 0.0540 e. The summed E-state index contributed by atoms with van der Waals surface area (Å²) in [5, 5.41) is 4.26. The Morgan fingerprint density at radius 1 is 1.41 bits per heavy atom. The number of nitrogens with zero attached hydrogens (tertiary/aromatic N) is 2. The van der Waals surface area contributed by atoms with E-state index in [0.29, 0.717) is 0 Å². The van der Waals surface area contributed by atoms with Gasteiger partial charge in [0.15, 0.2) is 0 Å². The number of rotatable bonds is 2. The van der Waals surface area contributed by atoms with Gasteiger partial charge in [-0.05, 0) is 31.1 Å². The van der Waals surface area contributed by atoms with Gasteiger partial charge in [0.05, 0.1) is 6.20 Å². The molecule has 0 aliphatic heterocycles. The lowest BCUT2D eigenvalue weighted by Crippen LogP contribution is -2.35. The maximum absolute atomic E-state index is 6.60. The van der Waals surface area contributed by atoms with Gasteiger partial charge in [0.2, 0.25) is 0 Å². The molecule has 1 heterocycles. The van der Waals surface area contributed by atoms with E-state index in [1.807, 2.05) is 17.9 Å². The lowest BCUT2D eigenvalue weighted by atomic mass is 9.84. The van der Waals surface area contributed by atoms with Gasteiger partial charge in [-0.15, -0.1) is 0 Å². The van der Waals surface area contributed by atoms with Crippen LogP contribution in [0.3, 0.4) is 0 Å². The van der Waals surface area contributed by atoms with E-state index in [1.165, 1.54) is 24.8 Å². The lowest BCUT2D eigenvalue weighted by Gasteiger charge is -2.27. The maximum Gasteiger partial charge on any atom is 0.0540 e. The fourth-order valence-electron chi connectivity index (χ4n) is 3.03. The predicted octanol–water partition coefficient (Wildman–Crippen LogP) is 2.81. The quantitative estimate of drug-likeness (QED) is 0.801. The van der Waals surface area contributed by atoms with E-state index in [9.17, 15) is 0 Å². The Morgan fingerprint density at radius 3 is 2.76 bits per heavy atom. The number of aromatic nitrogens is 2. The Kier molecular flexibility index (Phi) is 3.57. The van der Waals surface area contributed by atoms with Crippen LogP contribution in [-0.2, 0) is 12.6 Å². The molecule has 2 unspecified atom stereocenters. The van der Waals surface area contributed by atoms with E-state index in [-0.39, 0.29) is 5.54 Å². The number of hydrogen-bond donors (Lipinski definition) is 1. The Balaban J connectivity index is 2.11. The Hall–Kier alpha value is -0.830. The molecule has 3 nitrogen and oxygen atoms in total. The molecule has 0 spiro atoms. The van der Waals surface area contributed by atoms with Crippen LogP contribution in [0.15, 0.2) is 12.4 Å². The van der Waals surface area contributed by atoms with Gasteiger partial charge in [0.25, 0.3) is 0 Å². The van der Waals surface area contributed by atoms with Crippen LogP contribution < -0.4 is 5.73 Å². The van der Waals surface area contributed by atoms with E-state index in [1.54, 1.807) is 0 Å². The van der Waals surface area contributed by atoms with Gasteiger partial charge in [-0.3, -0.25) is 4.68 Å². The summed E-state index contributed by atoms with van der Waals surface area (Å²) in [5.41, 5.74) is 7.67. The SMILES string of the molecule is CC(C)C1CCCC(N)(c2cnn(C)c2)CC1. The summed E-state index contributed by atoms with van der Waals surface area (Å²) in [4.78, 5) is 0. The predicted molar refractivity (Wildman–Crippen MR) is 70.5 cm³/mol. The first-order valence-electron chi connectivity index (χ1n) is 6.79. The van der Waals surface area contributed by atoms with Crippen LogP contribution in [0.4, 0.5) is 0 Å². The summed E-state index contributed by atoms with van der Waals surface area (Å²) in [5.74, 6) is 1.63. The van der Waals surface area contributed by atoms with Gasteiger partial charge in [0.1, 0.15) is 0 Å². The van der Waals surface area contributed by atoms with Crippen LogP contribution in [-0.4, -0.2) is 9.78 Å². The molecule has 2 atom stereocenters. The zero-order chi connectivity index (χ0) is 12.5. The molecule has 1 aromatic heterocycles. The molecule has 96 valence electrons. The van der Waals surface area contributed by atoms with Gasteiger partial charge >= 0.3 is 0 Å². The van der Waals surface area contributed by atoms with Crippen molar-refractivity contribution in [2.45, 2.75) is 51.5 Å². The van der Waals surface area contributed by atoms with E-state index in [0.717, 1.165) is 24.7 Å².